The second-order valence-corrected chi connectivity index (χ2v) is 6.04. The minimum atomic E-state index is 0.213. The lowest BCUT2D eigenvalue weighted by molar-refractivity contribution is 0.290. The molecule has 0 spiro atoms. The van der Waals surface area contributed by atoms with E-state index in [-0.39, 0.29) is 11.0 Å². The summed E-state index contributed by atoms with van der Waals surface area (Å²) < 4.78 is 0. The number of aromatic nitrogens is 3. The van der Waals surface area contributed by atoms with Crippen molar-refractivity contribution >= 4 is 28.2 Å². The van der Waals surface area contributed by atoms with E-state index in [1.54, 1.807) is 12.1 Å². The van der Waals surface area contributed by atoms with Crippen LogP contribution in [0.5, 0.6) is 5.88 Å². The molecule has 0 unspecified atom stereocenters. The lowest BCUT2D eigenvalue weighted by Gasteiger charge is -2.19. The van der Waals surface area contributed by atoms with E-state index in [0.717, 1.165) is 27.8 Å². The van der Waals surface area contributed by atoms with E-state index in [4.69, 9.17) is 21.4 Å². The van der Waals surface area contributed by atoms with Crippen LogP contribution in [-0.4, -0.2) is 22.0 Å². The van der Waals surface area contributed by atoms with Crippen molar-refractivity contribution in [2.45, 2.75) is 0 Å². The standard InChI is InChI=1S/C20H15ClN4O/c1-25(26-20-19(21)22-11-12-23-20)16-9-7-15-8-10-17(24-18(15)13-16)14-5-3-2-4-6-14/h2-13H,1H3. The Hall–Kier alpha value is -3.18. The molecule has 0 fully saturated rings. The minimum absolute atomic E-state index is 0.213. The Kier molecular flexibility index (Phi) is 4.37. The Morgan fingerprint density at radius 1 is 0.923 bits per heavy atom. The van der Waals surface area contributed by atoms with Crippen molar-refractivity contribution in [3.8, 4) is 17.1 Å². The molecule has 0 atom stereocenters. The van der Waals surface area contributed by atoms with Gasteiger partial charge in [0.25, 0.3) is 5.88 Å². The molecule has 0 saturated heterocycles. The van der Waals surface area contributed by atoms with Gasteiger partial charge in [-0.15, -0.1) is 0 Å². The van der Waals surface area contributed by atoms with E-state index >= 15 is 0 Å². The van der Waals surface area contributed by atoms with Crippen molar-refractivity contribution < 1.29 is 4.84 Å². The third kappa shape index (κ3) is 3.30. The fourth-order valence-corrected chi connectivity index (χ4v) is 2.76. The molecule has 0 aliphatic carbocycles. The third-order valence-corrected chi connectivity index (χ3v) is 4.21. The van der Waals surface area contributed by atoms with Gasteiger partial charge in [0.05, 0.1) is 16.9 Å². The summed E-state index contributed by atoms with van der Waals surface area (Å²) in [7, 11) is 1.78. The Labute approximate surface area is 155 Å². The topological polar surface area (TPSA) is 51.1 Å². The van der Waals surface area contributed by atoms with Gasteiger partial charge >= 0.3 is 0 Å². The maximum atomic E-state index is 6.00. The van der Waals surface area contributed by atoms with Gasteiger partial charge in [-0.25, -0.2) is 20.0 Å². The molecule has 4 aromatic rings. The summed E-state index contributed by atoms with van der Waals surface area (Å²) in [6.07, 6.45) is 3.05. The van der Waals surface area contributed by atoms with Gasteiger partial charge in [0.15, 0.2) is 5.15 Å². The van der Waals surface area contributed by atoms with Crippen LogP contribution in [0.1, 0.15) is 0 Å². The zero-order valence-electron chi connectivity index (χ0n) is 14.0. The SMILES string of the molecule is CN(Oc1nccnc1Cl)c1ccc2ccc(-c3ccccc3)nc2c1. The number of pyridine rings is 1. The van der Waals surface area contributed by atoms with Crippen LogP contribution >= 0.6 is 11.6 Å². The highest BCUT2D eigenvalue weighted by molar-refractivity contribution is 6.30. The normalized spacial score (nSPS) is 10.7. The van der Waals surface area contributed by atoms with Crippen LogP contribution in [0.15, 0.2) is 73.1 Å². The average molecular weight is 363 g/mol. The summed E-state index contributed by atoms with van der Waals surface area (Å²) in [5.41, 5.74) is 3.72. The van der Waals surface area contributed by atoms with Gasteiger partial charge in [-0.05, 0) is 18.2 Å². The van der Waals surface area contributed by atoms with Crippen LogP contribution in [0.3, 0.4) is 0 Å². The van der Waals surface area contributed by atoms with Crippen LogP contribution in [0.25, 0.3) is 22.2 Å². The first-order valence-electron chi connectivity index (χ1n) is 8.05. The summed E-state index contributed by atoms with van der Waals surface area (Å²) in [5, 5.41) is 2.86. The second kappa shape index (κ2) is 6.98. The summed E-state index contributed by atoms with van der Waals surface area (Å²) in [6, 6.07) is 20.1. The van der Waals surface area contributed by atoms with Crippen LogP contribution in [-0.2, 0) is 0 Å². The third-order valence-electron chi connectivity index (χ3n) is 3.96. The Morgan fingerprint density at radius 2 is 1.69 bits per heavy atom. The molecule has 0 N–H and O–H groups in total. The molecule has 0 aliphatic heterocycles. The Morgan fingerprint density at radius 3 is 2.50 bits per heavy atom. The zero-order chi connectivity index (χ0) is 17.9. The molecular weight excluding hydrogens is 348 g/mol. The van der Waals surface area contributed by atoms with Gasteiger partial charge in [0.1, 0.15) is 0 Å². The molecule has 4 rings (SSSR count). The van der Waals surface area contributed by atoms with Crippen LogP contribution in [0, 0.1) is 0 Å². The number of fused-ring (bicyclic) bond motifs is 1. The highest BCUT2D eigenvalue weighted by atomic mass is 35.5. The van der Waals surface area contributed by atoms with Crippen molar-refractivity contribution in [3.63, 3.8) is 0 Å². The molecule has 128 valence electrons. The molecule has 0 amide bonds. The van der Waals surface area contributed by atoms with Gasteiger partial charge in [-0.3, -0.25) is 0 Å². The predicted molar refractivity (Wildman–Crippen MR) is 103 cm³/mol. The second-order valence-electron chi connectivity index (χ2n) is 5.68. The molecule has 2 aromatic carbocycles. The number of hydrogen-bond donors (Lipinski definition) is 0. The number of nitrogens with zero attached hydrogens (tertiary/aromatic N) is 4. The molecule has 2 aromatic heterocycles. The minimum Gasteiger partial charge on any atom is -0.356 e. The fraction of sp³-hybridized carbons (Fsp3) is 0.0500. The van der Waals surface area contributed by atoms with E-state index in [9.17, 15) is 0 Å². The van der Waals surface area contributed by atoms with E-state index in [1.807, 2.05) is 54.6 Å². The lowest BCUT2D eigenvalue weighted by Crippen LogP contribution is -2.22. The first-order valence-corrected chi connectivity index (χ1v) is 8.43. The van der Waals surface area contributed by atoms with Crippen LogP contribution in [0.4, 0.5) is 5.69 Å². The fourth-order valence-electron chi connectivity index (χ4n) is 2.62. The number of anilines is 1. The van der Waals surface area contributed by atoms with Gasteiger partial charge < -0.3 is 4.84 Å². The van der Waals surface area contributed by atoms with Gasteiger partial charge in [-0.1, -0.05) is 54.1 Å². The number of hydrogen-bond acceptors (Lipinski definition) is 5. The van der Waals surface area contributed by atoms with Gasteiger partial charge in [0.2, 0.25) is 0 Å². The zero-order valence-corrected chi connectivity index (χ0v) is 14.8. The van der Waals surface area contributed by atoms with Gasteiger partial charge in [0, 0.05) is 30.4 Å². The number of rotatable bonds is 4. The number of halogens is 1. The molecule has 0 bridgehead atoms. The predicted octanol–water partition coefficient (Wildman–Crippen LogP) is 4.78. The highest BCUT2D eigenvalue weighted by Crippen LogP contribution is 2.26. The largest absolute Gasteiger partial charge is 0.356 e. The molecule has 26 heavy (non-hydrogen) atoms. The summed E-state index contributed by atoms with van der Waals surface area (Å²) >= 11 is 6.00. The number of benzene rings is 2. The van der Waals surface area contributed by atoms with Crippen LogP contribution < -0.4 is 9.90 Å². The molecule has 2 heterocycles. The summed E-state index contributed by atoms with van der Waals surface area (Å²) in [5.74, 6) is 0.253. The molecule has 0 radical (unpaired) electrons. The van der Waals surface area contributed by atoms with Crippen molar-refractivity contribution in [2.24, 2.45) is 0 Å². The maximum absolute atomic E-state index is 6.00. The number of hydroxylamine groups is 1. The average Bonchev–Trinajstić information content (AvgIpc) is 2.69. The van der Waals surface area contributed by atoms with E-state index in [2.05, 4.69) is 16.0 Å². The Bertz CT molecular complexity index is 1060. The smallest absolute Gasteiger partial charge is 0.283 e. The van der Waals surface area contributed by atoms with Crippen molar-refractivity contribution in [1.29, 1.82) is 0 Å². The molecule has 5 nitrogen and oxygen atoms in total. The summed E-state index contributed by atoms with van der Waals surface area (Å²) in [6.45, 7) is 0. The van der Waals surface area contributed by atoms with Crippen molar-refractivity contribution in [3.05, 3.63) is 78.2 Å². The maximum Gasteiger partial charge on any atom is 0.283 e. The molecule has 6 heteroatoms. The first kappa shape index (κ1) is 16.3. The van der Waals surface area contributed by atoms with Gasteiger partial charge in [-0.2, -0.15) is 0 Å². The first-order chi connectivity index (χ1) is 12.7. The Balaban J connectivity index is 1.67. The quantitative estimate of drug-likeness (QED) is 0.489. The summed E-state index contributed by atoms with van der Waals surface area (Å²) in [4.78, 5) is 18.5. The van der Waals surface area contributed by atoms with E-state index < -0.39 is 0 Å². The van der Waals surface area contributed by atoms with Crippen molar-refractivity contribution in [1.82, 2.24) is 15.0 Å². The molecular formula is C20H15ClN4O. The van der Waals surface area contributed by atoms with Crippen LogP contribution in [0.2, 0.25) is 5.15 Å². The highest BCUT2D eigenvalue weighted by Gasteiger charge is 2.10. The molecule has 0 saturated carbocycles. The van der Waals surface area contributed by atoms with E-state index in [1.165, 1.54) is 12.4 Å². The molecule has 0 aliphatic rings. The van der Waals surface area contributed by atoms with E-state index in [0.29, 0.717) is 0 Å². The van der Waals surface area contributed by atoms with Crippen molar-refractivity contribution in [2.75, 3.05) is 12.1 Å². The monoisotopic (exact) mass is 362 g/mol. The lowest BCUT2D eigenvalue weighted by atomic mass is 10.1.